The number of benzene rings is 2. The number of aliphatic hydroxyl groups excluding tert-OH is 1. The number of ether oxygens (including phenoxy) is 2. The number of carbonyl (C=O) groups excluding carboxylic acids is 2. The molecule has 7 heteroatoms. The number of methoxy groups -OCH3 is 1. The molecule has 1 amide bonds. The lowest BCUT2D eigenvalue weighted by atomic mass is 9.94. The Morgan fingerprint density at radius 3 is 2.57 bits per heavy atom. The molecule has 1 N–H and O–H groups in total. The highest BCUT2D eigenvalue weighted by Gasteiger charge is 2.46. The van der Waals surface area contributed by atoms with Gasteiger partial charge in [-0.15, -0.1) is 0 Å². The lowest BCUT2D eigenvalue weighted by Crippen LogP contribution is -2.29. The molecule has 0 aliphatic carbocycles. The van der Waals surface area contributed by atoms with Crippen molar-refractivity contribution in [1.82, 2.24) is 9.88 Å². The summed E-state index contributed by atoms with van der Waals surface area (Å²) in [5.74, 6) is -0.374. The quantitative estimate of drug-likeness (QED) is 0.302. The zero-order valence-corrected chi connectivity index (χ0v) is 20.2. The van der Waals surface area contributed by atoms with Gasteiger partial charge >= 0.3 is 0 Å². The van der Waals surface area contributed by atoms with E-state index in [9.17, 15) is 14.7 Å². The Morgan fingerprint density at radius 2 is 1.91 bits per heavy atom. The second kappa shape index (κ2) is 10.0. The van der Waals surface area contributed by atoms with E-state index in [1.807, 2.05) is 32.9 Å². The predicted molar refractivity (Wildman–Crippen MR) is 132 cm³/mol. The third-order valence-corrected chi connectivity index (χ3v) is 5.84. The molecule has 3 aromatic rings. The molecule has 0 bridgehead atoms. The summed E-state index contributed by atoms with van der Waals surface area (Å²) >= 11 is 0. The van der Waals surface area contributed by atoms with Crippen LogP contribution in [0, 0.1) is 6.92 Å². The van der Waals surface area contributed by atoms with E-state index in [0.717, 1.165) is 11.1 Å². The van der Waals surface area contributed by atoms with Gasteiger partial charge in [0.1, 0.15) is 17.3 Å². The molecule has 0 saturated carbocycles. The van der Waals surface area contributed by atoms with Crippen molar-refractivity contribution < 1.29 is 24.2 Å². The van der Waals surface area contributed by atoms with Gasteiger partial charge in [-0.3, -0.25) is 14.6 Å². The van der Waals surface area contributed by atoms with Gasteiger partial charge in [0.25, 0.3) is 11.7 Å². The summed E-state index contributed by atoms with van der Waals surface area (Å²) in [6, 6.07) is 15.2. The normalized spacial score (nSPS) is 17.2. The second-order valence-corrected chi connectivity index (χ2v) is 8.71. The molecule has 1 fully saturated rings. The first-order valence-electron chi connectivity index (χ1n) is 11.4. The van der Waals surface area contributed by atoms with Crippen LogP contribution in [0.25, 0.3) is 5.76 Å². The number of likely N-dealkylation sites (tertiary alicyclic amines) is 1. The van der Waals surface area contributed by atoms with Crippen molar-refractivity contribution in [3.8, 4) is 11.5 Å². The van der Waals surface area contributed by atoms with Gasteiger partial charge in [-0.2, -0.15) is 0 Å². The summed E-state index contributed by atoms with van der Waals surface area (Å²) in [5.41, 5.74) is 2.71. The minimum Gasteiger partial charge on any atom is -0.507 e. The van der Waals surface area contributed by atoms with E-state index < -0.39 is 17.7 Å². The molecule has 1 aliphatic rings. The topological polar surface area (TPSA) is 89.0 Å². The number of ketones is 1. The first kappa shape index (κ1) is 24.0. The Balaban J connectivity index is 1.84. The number of aryl methyl sites for hydroxylation is 1. The monoisotopic (exact) mass is 472 g/mol. The average Bonchev–Trinajstić information content (AvgIpc) is 3.10. The number of hydrogen-bond donors (Lipinski definition) is 1. The first-order valence-corrected chi connectivity index (χ1v) is 11.4. The van der Waals surface area contributed by atoms with E-state index in [-0.39, 0.29) is 24.0 Å². The molecular formula is C28H28N2O5. The van der Waals surface area contributed by atoms with Gasteiger partial charge in [0.2, 0.25) is 0 Å². The fourth-order valence-electron chi connectivity index (χ4n) is 4.23. The molecule has 1 aliphatic heterocycles. The van der Waals surface area contributed by atoms with E-state index >= 15 is 0 Å². The number of carbonyl (C=O) groups is 2. The van der Waals surface area contributed by atoms with Crippen LogP contribution < -0.4 is 9.47 Å². The smallest absolute Gasteiger partial charge is 0.295 e. The number of hydrogen-bond acceptors (Lipinski definition) is 6. The van der Waals surface area contributed by atoms with Crippen molar-refractivity contribution in [1.29, 1.82) is 0 Å². The van der Waals surface area contributed by atoms with Crippen LogP contribution in [0.3, 0.4) is 0 Å². The van der Waals surface area contributed by atoms with Gasteiger partial charge in [0.05, 0.1) is 24.8 Å². The van der Waals surface area contributed by atoms with Crippen LogP contribution in [0.4, 0.5) is 0 Å². The standard InChI is InChI=1S/C28H28N2O5/c1-17(2)35-23-11-10-21(13-18(23)3)26(31)24-25(20-8-5-9-22(14-20)34-4)30(28(33)27(24)32)16-19-7-6-12-29-15-19/h5-15,17,25,31H,16H2,1-4H3/b26-24+. The highest BCUT2D eigenvalue weighted by atomic mass is 16.5. The Hall–Kier alpha value is -4.13. The van der Waals surface area contributed by atoms with Gasteiger partial charge in [0.15, 0.2) is 0 Å². The first-order chi connectivity index (χ1) is 16.8. The minimum absolute atomic E-state index is 0.000918. The number of aliphatic hydroxyl groups is 1. The Kier molecular flexibility index (Phi) is 6.87. The summed E-state index contributed by atoms with van der Waals surface area (Å²) in [5, 5.41) is 11.3. The minimum atomic E-state index is -0.794. The molecule has 0 spiro atoms. The molecule has 0 radical (unpaired) electrons. The Bertz CT molecular complexity index is 1280. The predicted octanol–water partition coefficient (Wildman–Crippen LogP) is 4.81. The van der Waals surface area contributed by atoms with Gasteiger partial charge in [-0.05, 0) is 73.9 Å². The van der Waals surface area contributed by atoms with Gasteiger partial charge in [0, 0.05) is 24.5 Å². The molecule has 1 unspecified atom stereocenters. The van der Waals surface area contributed by atoms with Crippen molar-refractivity contribution in [3.63, 3.8) is 0 Å². The molecule has 7 nitrogen and oxygen atoms in total. The maximum absolute atomic E-state index is 13.3. The number of amides is 1. The van der Waals surface area contributed by atoms with Crippen LogP contribution in [0.1, 0.15) is 42.1 Å². The largest absolute Gasteiger partial charge is 0.507 e. The molecule has 180 valence electrons. The summed E-state index contributed by atoms with van der Waals surface area (Å²) in [6.45, 7) is 5.91. The van der Waals surface area contributed by atoms with Crippen molar-refractivity contribution in [2.75, 3.05) is 7.11 Å². The summed E-state index contributed by atoms with van der Waals surface area (Å²) in [6.07, 6.45) is 3.30. The highest BCUT2D eigenvalue weighted by molar-refractivity contribution is 6.46. The fraction of sp³-hybridized carbons (Fsp3) is 0.250. The van der Waals surface area contributed by atoms with Crippen LogP contribution in [0.15, 0.2) is 72.6 Å². The third-order valence-electron chi connectivity index (χ3n) is 5.84. The van der Waals surface area contributed by atoms with Crippen LogP contribution in [-0.2, 0) is 16.1 Å². The Morgan fingerprint density at radius 1 is 1.11 bits per heavy atom. The van der Waals surface area contributed by atoms with Crippen molar-refractivity contribution in [2.45, 2.75) is 39.5 Å². The van der Waals surface area contributed by atoms with Crippen molar-refractivity contribution in [3.05, 3.63) is 94.8 Å². The summed E-state index contributed by atoms with van der Waals surface area (Å²) in [7, 11) is 1.55. The Labute approximate surface area is 204 Å². The average molecular weight is 473 g/mol. The molecule has 1 saturated heterocycles. The van der Waals surface area contributed by atoms with Crippen LogP contribution >= 0.6 is 0 Å². The third kappa shape index (κ3) is 4.89. The zero-order chi connectivity index (χ0) is 25.1. The number of aromatic nitrogens is 1. The van der Waals surface area contributed by atoms with Crippen LogP contribution in [0.2, 0.25) is 0 Å². The van der Waals surface area contributed by atoms with E-state index in [2.05, 4.69) is 4.98 Å². The lowest BCUT2D eigenvalue weighted by Gasteiger charge is -2.25. The molecule has 2 aromatic carbocycles. The number of Topliss-reactive ketones (excluding diaryl/α,β-unsaturated/α-hetero) is 1. The molecule has 1 aromatic heterocycles. The SMILES string of the molecule is COc1cccc(C2/C(=C(\O)c3ccc(OC(C)C)c(C)c3)C(=O)C(=O)N2Cc2cccnc2)c1. The maximum atomic E-state index is 13.3. The number of rotatable bonds is 7. The molecular weight excluding hydrogens is 444 g/mol. The highest BCUT2D eigenvalue weighted by Crippen LogP contribution is 2.41. The van der Waals surface area contributed by atoms with E-state index in [4.69, 9.17) is 9.47 Å². The van der Waals surface area contributed by atoms with Gasteiger partial charge in [-0.1, -0.05) is 18.2 Å². The number of pyridine rings is 1. The molecule has 2 heterocycles. The summed E-state index contributed by atoms with van der Waals surface area (Å²) in [4.78, 5) is 32.1. The van der Waals surface area contributed by atoms with Crippen LogP contribution in [0.5, 0.6) is 11.5 Å². The van der Waals surface area contributed by atoms with E-state index in [1.54, 1.807) is 62.0 Å². The fourth-order valence-corrected chi connectivity index (χ4v) is 4.23. The van der Waals surface area contributed by atoms with Crippen molar-refractivity contribution in [2.24, 2.45) is 0 Å². The van der Waals surface area contributed by atoms with Gasteiger partial charge in [-0.25, -0.2) is 0 Å². The van der Waals surface area contributed by atoms with Crippen molar-refractivity contribution >= 4 is 17.4 Å². The second-order valence-electron chi connectivity index (χ2n) is 8.71. The zero-order valence-electron chi connectivity index (χ0n) is 20.2. The number of nitrogens with zero attached hydrogens (tertiary/aromatic N) is 2. The van der Waals surface area contributed by atoms with E-state index in [0.29, 0.717) is 22.6 Å². The lowest BCUT2D eigenvalue weighted by molar-refractivity contribution is -0.140. The summed E-state index contributed by atoms with van der Waals surface area (Å²) < 4.78 is 11.2. The van der Waals surface area contributed by atoms with E-state index in [1.165, 1.54) is 4.90 Å². The molecule has 1 atom stereocenters. The molecule has 35 heavy (non-hydrogen) atoms. The maximum Gasteiger partial charge on any atom is 0.295 e. The molecule has 4 rings (SSSR count). The van der Waals surface area contributed by atoms with Crippen LogP contribution in [-0.4, -0.2) is 39.9 Å². The van der Waals surface area contributed by atoms with Gasteiger partial charge < -0.3 is 19.5 Å².